The van der Waals surface area contributed by atoms with Crippen LogP contribution in [0.15, 0.2) is 4.79 Å². The van der Waals surface area contributed by atoms with Gasteiger partial charge in [-0.1, -0.05) is 0 Å². The van der Waals surface area contributed by atoms with Crippen molar-refractivity contribution in [3.8, 4) is 0 Å². The molecule has 1 aliphatic rings. The van der Waals surface area contributed by atoms with Crippen molar-refractivity contribution in [1.29, 1.82) is 0 Å². The fourth-order valence-electron chi connectivity index (χ4n) is 3.65. The Kier molecular flexibility index (Phi) is 4.58. The van der Waals surface area contributed by atoms with Gasteiger partial charge in [0.15, 0.2) is 5.34 Å². The lowest BCUT2D eigenvalue weighted by atomic mass is 9.72. The van der Waals surface area contributed by atoms with Crippen molar-refractivity contribution in [2.45, 2.75) is 84.4 Å². The van der Waals surface area contributed by atoms with Crippen LogP contribution in [0.4, 0.5) is 5.82 Å². The third-order valence-corrected chi connectivity index (χ3v) is 8.19. The third kappa shape index (κ3) is 2.66. The molecule has 1 aromatic rings. The lowest BCUT2D eigenvalue weighted by molar-refractivity contribution is -0.257. The Morgan fingerprint density at radius 2 is 1.69 bits per heavy atom. The zero-order valence-corrected chi connectivity index (χ0v) is 17.9. The van der Waals surface area contributed by atoms with Crippen LogP contribution >= 0.6 is 7.60 Å². The summed E-state index contributed by atoms with van der Waals surface area (Å²) >= 11 is 0. The zero-order valence-electron chi connectivity index (χ0n) is 17.0. The molecule has 2 unspecified atom stereocenters. The molecule has 2 atom stereocenters. The lowest BCUT2D eigenvalue weighted by Gasteiger charge is -2.60. The summed E-state index contributed by atoms with van der Waals surface area (Å²) in [5, 5.41) is -1.44. The van der Waals surface area contributed by atoms with Crippen molar-refractivity contribution in [2.24, 2.45) is 0 Å². The van der Waals surface area contributed by atoms with Gasteiger partial charge < -0.3 is 15.4 Å². The van der Waals surface area contributed by atoms with Gasteiger partial charge in [0.2, 0.25) is 0 Å². The van der Waals surface area contributed by atoms with Crippen LogP contribution in [0, 0.1) is 13.8 Å². The van der Waals surface area contributed by atoms with E-state index in [0.29, 0.717) is 11.3 Å². The van der Waals surface area contributed by atoms with Gasteiger partial charge in [0.25, 0.3) is 0 Å². The molecule has 1 aromatic heterocycles. The molecule has 0 saturated carbocycles. The Morgan fingerprint density at radius 1 is 1.19 bits per heavy atom. The number of nitrogen functional groups attached to an aromatic ring is 1. The van der Waals surface area contributed by atoms with Crippen molar-refractivity contribution >= 4 is 13.4 Å². The summed E-state index contributed by atoms with van der Waals surface area (Å²) in [4.78, 5) is 26.9. The molecule has 26 heavy (non-hydrogen) atoms. The summed E-state index contributed by atoms with van der Waals surface area (Å²) in [6.07, 6.45) is 0. The summed E-state index contributed by atoms with van der Waals surface area (Å²) in [5.41, 5.74) is 3.39. The van der Waals surface area contributed by atoms with Crippen molar-refractivity contribution in [3.05, 3.63) is 21.7 Å². The monoisotopic (exact) mass is 387 g/mol. The highest BCUT2D eigenvalue weighted by Gasteiger charge is 2.66. The summed E-state index contributed by atoms with van der Waals surface area (Å²) in [5.74, 6) is 0.185. The number of hydrogen-bond donors (Lipinski definition) is 2. The number of nitrogens with two attached hydrogens (primary N) is 1. The third-order valence-electron chi connectivity index (χ3n) is 6.03. The van der Waals surface area contributed by atoms with Gasteiger partial charge in [0, 0.05) is 11.3 Å². The van der Waals surface area contributed by atoms with Crippen molar-refractivity contribution < 1.29 is 18.7 Å². The summed E-state index contributed by atoms with van der Waals surface area (Å²) in [6, 6.07) is 0. The maximum absolute atomic E-state index is 12.7. The minimum Gasteiger partial charge on any atom is -0.383 e. The molecule has 0 bridgehead atoms. The molecule has 1 saturated heterocycles. The van der Waals surface area contributed by atoms with E-state index in [2.05, 4.69) is 4.98 Å². The number of rotatable bonds is 2. The van der Waals surface area contributed by atoms with Crippen LogP contribution in [0.25, 0.3) is 0 Å². The van der Waals surface area contributed by atoms with Crippen molar-refractivity contribution in [3.63, 3.8) is 0 Å². The zero-order chi connectivity index (χ0) is 20.5. The molecule has 0 aliphatic carbocycles. The highest BCUT2D eigenvalue weighted by atomic mass is 31.2. The number of aromatic nitrogens is 2. The maximum atomic E-state index is 12.7. The largest absolute Gasteiger partial charge is 0.383 e. The van der Waals surface area contributed by atoms with E-state index in [1.807, 2.05) is 13.8 Å². The van der Waals surface area contributed by atoms with E-state index in [1.54, 1.807) is 34.6 Å². The molecule has 1 fully saturated rings. The Morgan fingerprint density at radius 3 is 2.19 bits per heavy atom. The number of hydrogen-bond acceptors (Lipinski definition) is 6. The summed E-state index contributed by atoms with van der Waals surface area (Å²) < 4.78 is 26.0. The number of ether oxygens (including phenoxy) is 1. The van der Waals surface area contributed by atoms with Crippen LogP contribution in [0.2, 0.25) is 0 Å². The molecule has 1 aliphatic heterocycles. The molecular formula is C17H30N3O5P. The highest BCUT2D eigenvalue weighted by Crippen LogP contribution is 2.67. The normalized spacial score (nSPS) is 31.0. The molecule has 148 valence electrons. The molecule has 3 N–H and O–H groups in total. The first-order chi connectivity index (χ1) is 11.4. The van der Waals surface area contributed by atoms with Crippen molar-refractivity contribution in [2.75, 3.05) is 5.73 Å². The molecule has 0 amide bonds. The summed E-state index contributed by atoms with van der Waals surface area (Å²) in [6.45, 7) is 15.4. The highest BCUT2D eigenvalue weighted by molar-refractivity contribution is 7.54. The molecule has 0 spiro atoms. The van der Waals surface area contributed by atoms with Crippen LogP contribution in [-0.4, -0.2) is 31.0 Å². The smallest absolute Gasteiger partial charge is 0.359 e. The Balaban J connectivity index is 2.78. The molecule has 0 aromatic carbocycles. The van der Waals surface area contributed by atoms with Gasteiger partial charge in [-0.25, -0.2) is 4.79 Å². The van der Waals surface area contributed by atoms with E-state index in [4.69, 9.17) is 15.0 Å². The van der Waals surface area contributed by atoms with Gasteiger partial charge in [-0.05, 0) is 62.3 Å². The second-order valence-corrected chi connectivity index (χ2v) is 10.9. The van der Waals surface area contributed by atoms with Crippen LogP contribution in [0.5, 0.6) is 0 Å². The van der Waals surface area contributed by atoms with E-state index >= 15 is 0 Å². The van der Waals surface area contributed by atoms with Crippen molar-refractivity contribution in [1.82, 2.24) is 9.55 Å². The quantitative estimate of drug-likeness (QED) is 0.749. The molecule has 8 nitrogen and oxygen atoms in total. The minimum absolute atomic E-state index is 0.185. The van der Waals surface area contributed by atoms with Crippen LogP contribution < -0.4 is 11.4 Å². The van der Waals surface area contributed by atoms with Gasteiger partial charge in [-0.2, -0.15) is 4.98 Å². The Labute approximate surface area is 154 Å². The first-order valence-corrected chi connectivity index (χ1v) is 10.1. The predicted molar refractivity (Wildman–Crippen MR) is 100 cm³/mol. The Hall–Kier alpha value is -1.21. The van der Waals surface area contributed by atoms with Crippen LogP contribution in [-0.2, 0) is 19.4 Å². The van der Waals surface area contributed by atoms with E-state index in [1.165, 1.54) is 18.4 Å². The van der Waals surface area contributed by atoms with Gasteiger partial charge in [0.1, 0.15) is 17.0 Å². The number of nitrogens with zero attached hydrogens (tertiary/aromatic N) is 2. The second-order valence-electron chi connectivity index (χ2n) is 8.59. The average Bonchev–Trinajstić information content (AvgIpc) is 2.41. The maximum Gasteiger partial charge on any atom is 0.359 e. The first kappa shape index (κ1) is 21.1. The van der Waals surface area contributed by atoms with E-state index in [9.17, 15) is 14.3 Å². The predicted octanol–water partition coefficient (Wildman–Crippen LogP) is 2.68. The van der Waals surface area contributed by atoms with Crippen LogP contribution in [0.3, 0.4) is 0 Å². The van der Waals surface area contributed by atoms with E-state index in [-0.39, 0.29) is 5.82 Å². The van der Waals surface area contributed by atoms with Gasteiger partial charge in [0.05, 0.1) is 5.54 Å². The lowest BCUT2D eigenvalue weighted by Crippen LogP contribution is -2.70. The van der Waals surface area contributed by atoms with E-state index < -0.39 is 35.4 Å². The molecule has 2 rings (SSSR count). The topological polar surface area (TPSA) is 117 Å². The standard InChI is InChI=1S/C17H30N3O5P/c1-10-11(2)20(13(21)19-12(10)18)14(3,4)17(9)15(5,6)25-26(22,23)16(7,8)24-17/h1-9H3,(H,22,23)(H2,18,19,21). The van der Waals surface area contributed by atoms with Gasteiger partial charge in [-0.3, -0.25) is 13.7 Å². The first-order valence-electron chi connectivity index (χ1n) is 8.51. The van der Waals surface area contributed by atoms with Gasteiger partial charge in [-0.15, -0.1) is 0 Å². The fraction of sp³-hybridized carbons (Fsp3) is 0.765. The Bertz CT molecular complexity index is 859. The van der Waals surface area contributed by atoms with Gasteiger partial charge >= 0.3 is 13.3 Å². The fourth-order valence-corrected chi connectivity index (χ4v) is 4.96. The molecule has 0 radical (unpaired) electrons. The van der Waals surface area contributed by atoms with E-state index in [0.717, 1.165) is 0 Å². The SMILES string of the molecule is Cc1c(N)nc(=O)n(C(C)(C)C2(C)OC(C)(C)P(=O)(O)OC2(C)C)c1C. The molecular weight excluding hydrogens is 357 g/mol. The second kappa shape index (κ2) is 5.64. The average molecular weight is 387 g/mol. The van der Waals surface area contributed by atoms with Crippen LogP contribution in [0.1, 0.15) is 59.7 Å². The minimum atomic E-state index is -4.04. The summed E-state index contributed by atoms with van der Waals surface area (Å²) in [7, 11) is -4.04. The molecule has 2 heterocycles. The number of anilines is 1. The molecule has 9 heteroatoms.